The Bertz CT molecular complexity index is 736. The van der Waals surface area contributed by atoms with E-state index in [2.05, 4.69) is 5.10 Å². The van der Waals surface area contributed by atoms with Crippen molar-refractivity contribution in [1.29, 1.82) is 0 Å². The molecule has 0 amide bonds. The van der Waals surface area contributed by atoms with Crippen LogP contribution in [0.4, 0.5) is 8.78 Å². The van der Waals surface area contributed by atoms with E-state index < -0.39 is 28.7 Å². The van der Waals surface area contributed by atoms with E-state index in [1.807, 2.05) is 0 Å². The smallest absolute Gasteiger partial charge is 0.303 e. The fourth-order valence-corrected chi connectivity index (χ4v) is 1.90. The number of aryl methyl sites for hydroxylation is 2. The highest BCUT2D eigenvalue weighted by molar-refractivity contribution is 5.66. The van der Waals surface area contributed by atoms with E-state index in [-0.39, 0.29) is 24.2 Å². The van der Waals surface area contributed by atoms with Crippen LogP contribution in [0.3, 0.4) is 0 Å². The monoisotopic (exact) mass is 294 g/mol. The van der Waals surface area contributed by atoms with Crippen LogP contribution in [0.2, 0.25) is 0 Å². The van der Waals surface area contributed by atoms with Crippen molar-refractivity contribution in [2.24, 2.45) is 0 Å². The number of hydrogen-bond acceptors (Lipinski definition) is 3. The molecule has 0 aliphatic heterocycles. The number of aromatic nitrogens is 2. The van der Waals surface area contributed by atoms with Gasteiger partial charge in [0.15, 0.2) is 11.6 Å². The standard InChI is InChI=1S/C14H12F2N2O3/c1-8-7-12(19)11(5-6-13(20)21)17-18(8)14-9(15)3-2-4-10(14)16/h2-4,7H,5-6H2,1H3,(H,20,21). The molecule has 110 valence electrons. The third kappa shape index (κ3) is 3.13. The minimum Gasteiger partial charge on any atom is -0.481 e. The number of para-hydroxylation sites is 1. The summed E-state index contributed by atoms with van der Waals surface area (Å²) >= 11 is 0. The van der Waals surface area contributed by atoms with Gasteiger partial charge in [0.1, 0.15) is 11.4 Å². The van der Waals surface area contributed by atoms with Crippen molar-refractivity contribution in [2.75, 3.05) is 0 Å². The van der Waals surface area contributed by atoms with Gasteiger partial charge in [-0.2, -0.15) is 5.10 Å². The largest absolute Gasteiger partial charge is 0.481 e. The maximum atomic E-state index is 13.8. The van der Waals surface area contributed by atoms with Crippen LogP contribution < -0.4 is 5.43 Å². The fraction of sp³-hybridized carbons (Fsp3) is 0.214. The van der Waals surface area contributed by atoms with Crippen LogP contribution in [0.5, 0.6) is 0 Å². The molecule has 1 N–H and O–H groups in total. The lowest BCUT2D eigenvalue weighted by atomic mass is 10.2. The Hall–Kier alpha value is -2.57. The van der Waals surface area contributed by atoms with Crippen LogP contribution >= 0.6 is 0 Å². The molecule has 5 nitrogen and oxygen atoms in total. The van der Waals surface area contributed by atoms with Crippen molar-refractivity contribution in [1.82, 2.24) is 9.78 Å². The zero-order valence-corrected chi connectivity index (χ0v) is 11.1. The lowest BCUT2D eigenvalue weighted by Gasteiger charge is -2.12. The van der Waals surface area contributed by atoms with Crippen LogP contribution in [0, 0.1) is 18.6 Å². The molecule has 0 saturated carbocycles. The third-order valence-corrected chi connectivity index (χ3v) is 2.90. The van der Waals surface area contributed by atoms with Gasteiger partial charge in [0.05, 0.1) is 6.42 Å². The number of hydrogen-bond donors (Lipinski definition) is 1. The Balaban J connectivity index is 2.56. The zero-order chi connectivity index (χ0) is 15.6. The Morgan fingerprint density at radius 2 is 1.95 bits per heavy atom. The molecule has 0 unspecified atom stereocenters. The van der Waals surface area contributed by atoms with Crippen molar-refractivity contribution < 1.29 is 18.7 Å². The lowest BCUT2D eigenvalue weighted by Crippen LogP contribution is -2.21. The summed E-state index contributed by atoms with van der Waals surface area (Å²) in [5.41, 5.74) is -0.651. The Morgan fingerprint density at radius 1 is 1.33 bits per heavy atom. The Kier molecular flexibility index (Phi) is 4.11. The van der Waals surface area contributed by atoms with Gasteiger partial charge in [0.25, 0.3) is 0 Å². The van der Waals surface area contributed by atoms with Crippen LogP contribution in [-0.4, -0.2) is 20.9 Å². The fourth-order valence-electron chi connectivity index (χ4n) is 1.90. The van der Waals surface area contributed by atoms with Gasteiger partial charge in [-0.1, -0.05) is 6.07 Å². The summed E-state index contributed by atoms with van der Waals surface area (Å²) in [5, 5.41) is 12.5. The number of nitrogens with zero attached hydrogens (tertiary/aromatic N) is 2. The second-order valence-electron chi connectivity index (χ2n) is 4.47. The first kappa shape index (κ1) is 14.8. The molecule has 2 rings (SSSR count). The molecular formula is C14H12F2N2O3. The number of carbonyl (C=O) groups is 1. The molecule has 0 aliphatic rings. The summed E-state index contributed by atoms with van der Waals surface area (Å²) in [7, 11) is 0. The minimum absolute atomic E-state index is 0.0503. The average Bonchev–Trinajstić information content (AvgIpc) is 2.39. The highest BCUT2D eigenvalue weighted by atomic mass is 19.1. The highest BCUT2D eigenvalue weighted by Crippen LogP contribution is 2.17. The molecule has 0 saturated heterocycles. The minimum atomic E-state index is -1.08. The van der Waals surface area contributed by atoms with Crippen molar-refractivity contribution in [2.45, 2.75) is 19.8 Å². The number of halogens is 2. The molecule has 1 heterocycles. The molecule has 0 aliphatic carbocycles. The number of aliphatic carboxylic acids is 1. The topological polar surface area (TPSA) is 72.2 Å². The summed E-state index contributed by atoms with van der Waals surface area (Å²) < 4.78 is 28.6. The van der Waals surface area contributed by atoms with Gasteiger partial charge in [0.2, 0.25) is 5.43 Å². The van der Waals surface area contributed by atoms with Crippen LogP contribution in [0.15, 0.2) is 29.1 Å². The second kappa shape index (κ2) is 5.82. The number of carboxylic acid groups (broad SMARTS) is 1. The van der Waals surface area contributed by atoms with E-state index in [4.69, 9.17) is 5.11 Å². The summed E-state index contributed by atoms with van der Waals surface area (Å²) in [5.74, 6) is -2.72. The van der Waals surface area contributed by atoms with Gasteiger partial charge in [-0.25, -0.2) is 13.5 Å². The van der Waals surface area contributed by atoms with E-state index in [1.54, 1.807) is 0 Å². The van der Waals surface area contributed by atoms with E-state index in [0.29, 0.717) is 0 Å². The number of benzene rings is 1. The lowest BCUT2D eigenvalue weighted by molar-refractivity contribution is -0.136. The van der Waals surface area contributed by atoms with Gasteiger partial charge in [0, 0.05) is 18.2 Å². The predicted molar refractivity (Wildman–Crippen MR) is 70.4 cm³/mol. The SMILES string of the molecule is Cc1cc(=O)c(CCC(=O)O)nn1-c1c(F)cccc1F. The maximum absolute atomic E-state index is 13.8. The first-order valence-electron chi connectivity index (χ1n) is 6.16. The van der Waals surface area contributed by atoms with E-state index in [1.165, 1.54) is 19.1 Å². The quantitative estimate of drug-likeness (QED) is 0.934. The molecule has 0 fully saturated rings. The molecule has 1 aromatic heterocycles. The van der Waals surface area contributed by atoms with Crippen molar-refractivity contribution in [3.05, 3.63) is 57.5 Å². The van der Waals surface area contributed by atoms with Crippen LogP contribution in [0.25, 0.3) is 5.69 Å². The highest BCUT2D eigenvalue weighted by Gasteiger charge is 2.15. The average molecular weight is 294 g/mol. The maximum Gasteiger partial charge on any atom is 0.303 e. The molecule has 2 aromatic rings. The normalized spacial score (nSPS) is 10.6. The van der Waals surface area contributed by atoms with E-state index in [9.17, 15) is 18.4 Å². The summed E-state index contributed by atoms with van der Waals surface area (Å²) in [6, 6.07) is 4.55. The van der Waals surface area contributed by atoms with Crippen LogP contribution in [-0.2, 0) is 11.2 Å². The first-order chi connectivity index (χ1) is 9.90. The molecule has 1 aromatic carbocycles. The van der Waals surface area contributed by atoms with Gasteiger partial charge < -0.3 is 5.11 Å². The van der Waals surface area contributed by atoms with Crippen LogP contribution in [0.1, 0.15) is 17.8 Å². The van der Waals surface area contributed by atoms with E-state index >= 15 is 0 Å². The van der Waals surface area contributed by atoms with Crippen molar-refractivity contribution >= 4 is 5.97 Å². The summed E-state index contributed by atoms with van der Waals surface area (Å²) in [6.07, 6.45) is -0.393. The van der Waals surface area contributed by atoms with Gasteiger partial charge in [-0.3, -0.25) is 9.59 Å². The molecule has 0 radical (unpaired) electrons. The van der Waals surface area contributed by atoms with Gasteiger partial charge in [-0.15, -0.1) is 0 Å². The first-order valence-corrected chi connectivity index (χ1v) is 6.16. The Morgan fingerprint density at radius 3 is 2.52 bits per heavy atom. The molecule has 0 bridgehead atoms. The third-order valence-electron chi connectivity index (χ3n) is 2.90. The predicted octanol–water partition coefficient (Wildman–Crippen LogP) is 1.84. The number of rotatable bonds is 4. The zero-order valence-electron chi connectivity index (χ0n) is 11.1. The molecule has 0 spiro atoms. The summed E-state index contributed by atoms with van der Waals surface area (Å²) in [4.78, 5) is 22.3. The van der Waals surface area contributed by atoms with Crippen molar-refractivity contribution in [3.63, 3.8) is 0 Å². The Labute approximate surface area is 118 Å². The molecule has 7 heteroatoms. The molecular weight excluding hydrogens is 282 g/mol. The van der Waals surface area contributed by atoms with E-state index in [0.717, 1.165) is 16.8 Å². The molecule has 0 atom stereocenters. The molecule has 21 heavy (non-hydrogen) atoms. The van der Waals surface area contributed by atoms with Gasteiger partial charge in [-0.05, 0) is 19.1 Å². The number of carboxylic acids is 1. The second-order valence-corrected chi connectivity index (χ2v) is 4.47. The van der Waals surface area contributed by atoms with Crippen molar-refractivity contribution in [3.8, 4) is 5.69 Å². The summed E-state index contributed by atoms with van der Waals surface area (Å²) in [6.45, 7) is 1.49. The van der Waals surface area contributed by atoms with Gasteiger partial charge >= 0.3 is 5.97 Å².